The van der Waals surface area contributed by atoms with E-state index in [0.29, 0.717) is 12.1 Å². The molecule has 0 unspecified atom stereocenters. The predicted molar refractivity (Wildman–Crippen MR) is 111 cm³/mol. The molecular weight excluding hydrogens is 368 g/mol. The van der Waals surface area contributed by atoms with Crippen molar-refractivity contribution >= 4 is 17.6 Å². The summed E-state index contributed by atoms with van der Waals surface area (Å²) in [5.41, 5.74) is 3.73. The minimum Gasteiger partial charge on any atom is -0.497 e. The van der Waals surface area contributed by atoms with Crippen molar-refractivity contribution in [3.63, 3.8) is 0 Å². The molecule has 29 heavy (non-hydrogen) atoms. The van der Waals surface area contributed by atoms with Crippen LogP contribution in [0.4, 0.5) is 5.69 Å². The number of carbonyl (C=O) groups excluding carboxylic acids is 2. The molecule has 2 aromatic rings. The largest absolute Gasteiger partial charge is 0.497 e. The highest BCUT2D eigenvalue weighted by Gasteiger charge is 2.18. The molecule has 0 aromatic heterocycles. The molecule has 0 aliphatic rings. The maximum atomic E-state index is 12.6. The average molecular weight is 394 g/mol. The summed E-state index contributed by atoms with van der Waals surface area (Å²) in [5, 5.41) is 8.90. The van der Waals surface area contributed by atoms with E-state index in [1.54, 1.807) is 7.11 Å². The molecule has 0 aliphatic heterocycles. The highest BCUT2D eigenvalue weighted by atomic mass is 16.5. The van der Waals surface area contributed by atoms with E-state index in [9.17, 15) is 9.59 Å². The van der Waals surface area contributed by atoms with Gasteiger partial charge < -0.3 is 14.4 Å². The van der Waals surface area contributed by atoms with Crippen molar-refractivity contribution in [2.75, 3.05) is 25.2 Å². The van der Waals surface area contributed by atoms with E-state index in [-0.39, 0.29) is 31.9 Å². The zero-order valence-corrected chi connectivity index (χ0v) is 17.1. The van der Waals surface area contributed by atoms with Gasteiger partial charge in [-0.05, 0) is 61.2 Å². The van der Waals surface area contributed by atoms with Crippen LogP contribution in [-0.2, 0) is 20.7 Å². The lowest BCUT2D eigenvalue weighted by Crippen LogP contribution is -2.35. The molecule has 0 aliphatic carbocycles. The van der Waals surface area contributed by atoms with Gasteiger partial charge in [0.05, 0.1) is 19.6 Å². The van der Waals surface area contributed by atoms with Crippen LogP contribution in [0.5, 0.6) is 5.75 Å². The number of aryl methyl sites for hydroxylation is 3. The van der Waals surface area contributed by atoms with E-state index in [2.05, 4.69) is 6.07 Å². The summed E-state index contributed by atoms with van der Waals surface area (Å²) in [7, 11) is 1.60. The number of rotatable bonds is 9. The molecule has 6 nitrogen and oxygen atoms in total. The van der Waals surface area contributed by atoms with E-state index in [4.69, 9.17) is 14.7 Å². The number of ether oxygens (including phenoxy) is 2. The fourth-order valence-corrected chi connectivity index (χ4v) is 3.00. The Morgan fingerprint density at radius 1 is 1.07 bits per heavy atom. The third-order valence-electron chi connectivity index (χ3n) is 4.40. The maximum Gasteiger partial charge on any atom is 0.306 e. The zero-order valence-electron chi connectivity index (χ0n) is 17.1. The molecule has 0 saturated carbocycles. The summed E-state index contributed by atoms with van der Waals surface area (Å²) < 4.78 is 10.3. The molecule has 2 rings (SSSR count). The van der Waals surface area contributed by atoms with Crippen LogP contribution in [0, 0.1) is 25.2 Å². The summed E-state index contributed by atoms with van der Waals surface area (Å²) >= 11 is 0. The number of nitrogens with zero attached hydrogens (tertiary/aromatic N) is 2. The van der Waals surface area contributed by atoms with Crippen LogP contribution in [0.25, 0.3) is 0 Å². The monoisotopic (exact) mass is 394 g/mol. The quantitative estimate of drug-likeness (QED) is 0.606. The number of nitriles is 1. The number of anilines is 1. The van der Waals surface area contributed by atoms with Crippen molar-refractivity contribution in [2.45, 2.75) is 33.1 Å². The van der Waals surface area contributed by atoms with Gasteiger partial charge in [0.15, 0.2) is 6.61 Å². The molecule has 0 heterocycles. The number of amides is 1. The van der Waals surface area contributed by atoms with Gasteiger partial charge in [-0.25, -0.2) is 0 Å². The SMILES string of the molecule is COc1ccc(CCC(=O)OCC(=O)N(CCC#N)c2cc(C)cc(C)c2)cc1. The van der Waals surface area contributed by atoms with Gasteiger partial charge in [-0.2, -0.15) is 5.26 Å². The summed E-state index contributed by atoms with van der Waals surface area (Å²) in [6, 6.07) is 15.3. The Bertz CT molecular complexity index is 864. The predicted octanol–water partition coefficient (Wildman–Crippen LogP) is 3.73. The summed E-state index contributed by atoms with van der Waals surface area (Å²) in [6.45, 7) is 3.80. The van der Waals surface area contributed by atoms with Crippen molar-refractivity contribution in [2.24, 2.45) is 0 Å². The molecule has 0 fully saturated rings. The Morgan fingerprint density at radius 3 is 2.31 bits per heavy atom. The van der Waals surface area contributed by atoms with Crippen molar-refractivity contribution in [3.05, 3.63) is 59.2 Å². The number of esters is 1. The maximum absolute atomic E-state index is 12.6. The third-order valence-corrected chi connectivity index (χ3v) is 4.40. The highest BCUT2D eigenvalue weighted by Crippen LogP contribution is 2.19. The summed E-state index contributed by atoms with van der Waals surface area (Å²) in [6.07, 6.45) is 0.901. The molecule has 2 aromatic carbocycles. The number of hydrogen-bond donors (Lipinski definition) is 0. The Balaban J connectivity index is 1.92. The molecule has 0 N–H and O–H groups in total. The van der Waals surface area contributed by atoms with Crippen molar-refractivity contribution in [1.29, 1.82) is 5.26 Å². The van der Waals surface area contributed by atoms with Gasteiger partial charge in [-0.15, -0.1) is 0 Å². The van der Waals surface area contributed by atoms with Gasteiger partial charge in [0.2, 0.25) is 0 Å². The Kier molecular flexibility index (Phi) is 8.23. The molecule has 0 saturated heterocycles. The minimum absolute atomic E-state index is 0.182. The van der Waals surface area contributed by atoms with Crippen LogP contribution < -0.4 is 9.64 Å². The van der Waals surface area contributed by atoms with E-state index < -0.39 is 5.97 Å². The number of methoxy groups -OCH3 is 1. The second kappa shape index (κ2) is 10.9. The van der Waals surface area contributed by atoms with E-state index >= 15 is 0 Å². The topological polar surface area (TPSA) is 79.6 Å². The molecule has 6 heteroatoms. The van der Waals surface area contributed by atoms with Crippen LogP contribution in [0.15, 0.2) is 42.5 Å². The van der Waals surface area contributed by atoms with Crippen molar-refractivity contribution in [3.8, 4) is 11.8 Å². The first kappa shape index (κ1) is 22.0. The molecule has 1 amide bonds. The fourth-order valence-electron chi connectivity index (χ4n) is 3.00. The van der Waals surface area contributed by atoms with Crippen LogP contribution >= 0.6 is 0 Å². The van der Waals surface area contributed by atoms with Crippen LogP contribution in [0.3, 0.4) is 0 Å². The van der Waals surface area contributed by atoms with Crippen molar-refractivity contribution < 1.29 is 19.1 Å². The average Bonchev–Trinajstić information content (AvgIpc) is 2.70. The van der Waals surface area contributed by atoms with Crippen LogP contribution in [0.1, 0.15) is 29.5 Å². The van der Waals surface area contributed by atoms with Gasteiger partial charge in [0.25, 0.3) is 5.91 Å². The molecular formula is C23H26N2O4. The van der Waals surface area contributed by atoms with E-state index in [1.807, 2.05) is 56.3 Å². The second-order valence-electron chi connectivity index (χ2n) is 6.81. The van der Waals surface area contributed by atoms with Gasteiger partial charge in [-0.1, -0.05) is 18.2 Å². The normalized spacial score (nSPS) is 10.1. The van der Waals surface area contributed by atoms with Crippen LogP contribution in [0.2, 0.25) is 0 Å². The summed E-state index contributed by atoms with van der Waals surface area (Å²) in [5.74, 6) is -0.0244. The van der Waals surface area contributed by atoms with E-state index in [1.165, 1.54) is 4.90 Å². The van der Waals surface area contributed by atoms with Crippen LogP contribution in [-0.4, -0.2) is 32.1 Å². The first-order valence-corrected chi connectivity index (χ1v) is 9.47. The van der Waals surface area contributed by atoms with Gasteiger partial charge in [0, 0.05) is 18.7 Å². The Hall–Kier alpha value is -3.33. The number of hydrogen-bond acceptors (Lipinski definition) is 5. The Morgan fingerprint density at radius 2 is 1.72 bits per heavy atom. The molecule has 0 spiro atoms. The molecule has 0 bridgehead atoms. The minimum atomic E-state index is -0.435. The Labute approximate surface area is 171 Å². The number of benzene rings is 2. The zero-order chi connectivity index (χ0) is 21.2. The smallest absolute Gasteiger partial charge is 0.306 e. The molecule has 0 radical (unpaired) electrons. The standard InChI is InChI=1S/C23H26N2O4/c1-17-13-18(2)15-20(14-17)25(12-4-11-24)22(26)16-29-23(27)10-7-19-5-8-21(28-3)9-6-19/h5-6,8-9,13-15H,4,7,10,12,16H2,1-3H3. The van der Waals surface area contributed by atoms with E-state index in [0.717, 1.165) is 22.4 Å². The highest BCUT2D eigenvalue weighted by molar-refractivity contribution is 5.95. The molecule has 0 atom stereocenters. The number of carbonyl (C=O) groups is 2. The first-order valence-electron chi connectivity index (χ1n) is 9.47. The van der Waals surface area contributed by atoms with Gasteiger partial charge in [0.1, 0.15) is 5.75 Å². The summed E-state index contributed by atoms with van der Waals surface area (Å²) in [4.78, 5) is 26.2. The van der Waals surface area contributed by atoms with Crippen molar-refractivity contribution in [1.82, 2.24) is 0 Å². The second-order valence-corrected chi connectivity index (χ2v) is 6.81. The van der Waals surface area contributed by atoms with Gasteiger partial charge in [-0.3, -0.25) is 9.59 Å². The lowest BCUT2D eigenvalue weighted by Gasteiger charge is -2.22. The lowest BCUT2D eigenvalue weighted by atomic mass is 10.1. The van der Waals surface area contributed by atoms with Gasteiger partial charge >= 0.3 is 5.97 Å². The fraction of sp³-hybridized carbons (Fsp3) is 0.348. The molecule has 152 valence electrons. The first-order chi connectivity index (χ1) is 13.9. The lowest BCUT2D eigenvalue weighted by molar-refractivity contribution is -0.147. The third kappa shape index (κ3) is 6.96.